The van der Waals surface area contributed by atoms with Crippen molar-refractivity contribution in [2.24, 2.45) is 0 Å². The van der Waals surface area contributed by atoms with E-state index in [0.717, 1.165) is 17.3 Å². The highest BCUT2D eigenvalue weighted by molar-refractivity contribution is 8.19. The standard InChI is InChI=1S/C17H13NO3S/c1-21-14-10-6-5-7-12(14)11-15-16(19)18(17(20)22-15)13-8-3-2-4-9-13/h2-11H,1H3/b15-11-. The summed E-state index contributed by atoms with van der Waals surface area (Å²) in [4.78, 5) is 26.2. The van der Waals surface area contributed by atoms with E-state index < -0.39 is 0 Å². The van der Waals surface area contributed by atoms with Crippen molar-refractivity contribution in [3.63, 3.8) is 0 Å². The second-order valence-electron chi connectivity index (χ2n) is 4.59. The molecule has 2 aromatic rings. The number of imide groups is 1. The number of carbonyl (C=O) groups is 2. The maximum absolute atomic E-state index is 12.5. The van der Waals surface area contributed by atoms with Crippen LogP contribution in [0.2, 0.25) is 0 Å². The fraction of sp³-hybridized carbons (Fsp3) is 0.0588. The molecule has 0 aromatic heterocycles. The Bertz CT molecular complexity index is 756. The van der Waals surface area contributed by atoms with Gasteiger partial charge < -0.3 is 4.74 Å². The Labute approximate surface area is 132 Å². The molecule has 22 heavy (non-hydrogen) atoms. The zero-order valence-corrected chi connectivity index (χ0v) is 12.7. The molecule has 1 fully saturated rings. The smallest absolute Gasteiger partial charge is 0.298 e. The number of hydrogen-bond donors (Lipinski definition) is 0. The van der Waals surface area contributed by atoms with Crippen LogP contribution in [0.15, 0.2) is 59.5 Å². The van der Waals surface area contributed by atoms with Gasteiger partial charge in [-0.3, -0.25) is 9.59 Å². The van der Waals surface area contributed by atoms with E-state index in [9.17, 15) is 9.59 Å². The minimum absolute atomic E-state index is 0.294. The molecule has 3 rings (SSSR count). The summed E-state index contributed by atoms with van der Waals surface area (Å²) in [5.41, 5.74) is 1.34. The zero-order valence-electron chi connectivity index (χ0n) is 11.9. The average Bonchev–Trinajstić information content (AvgIpc) is 2.83. The van der Waals surface area contributed by atoms with Crippen molar-refractivity contribution in [2.75, 3.05) is 12.0 Å². The van der Waals surface area contributed by atoms with Gasteiger partial charge in [0.05, 0.1) is 17.7 Å². The lowest BCUT2D eigenvalue weighted by Gasteiger charge is -2.11. The predicted molar refractivity (Wildman–Crippen MR) is 87.9 cm³/mol. The van der Waals surface area contributed by atoms with Crippen molar-refractivity contribution in [1.82, 2.24) is 0 Å². The molecule has 0 N–H and O–H groups in total. The number of ether oxygens (including phenoxy) is 1. The molecule has 0 atom stereocenters. The monoisotopic (exact) mass is 311 g/mol. The zero-order chi connectivity index (χ0) is 15.5. The van der Waals surface area contributed by atoms with Crippen LogP contribution in [0.4, 0.5) is 10.5 Å². The van der Waals surface area contributed by atoms with E-state index in [1.807, 2.05) is 30.3 Å². The Morgan fingerprint density at radius 1 is 1.00 bits per heavy atom. The summed E-state index contributed by atoms with van der Waals surface area (Å²) in [5.74, 6) is 0.348. The molecule has 0 unspecified atom stereocenters. The largest absolute Gasteiger partial charge is 0.496 e. The Morgan fingerprint density at radius 2 is 1.68 bits per heavy atom. The molecule has 0 bridgehead atoms. The molecule has 4 nitrogen and oxygen atoms in total. The molecule has 110 valence electrons. The second kappa shape index (κ2) is 6.07. The van der Waals surface area contributed by atoms with E-state index in [1.54, 1.807) is 37.5 Å². The molecule has 2 aromatic carbocycles. The maximum atomic E-state index is 12.5. The summed E-state index contributed by atoms with van der Waals surface area (Å²) >= 11 is 0.934. The number of hydrogen-bond acceptors (Lipinski definition) is 4. The molecule has 0 radical (unpaired) electrons. The highest BCUT2D eigenvalue weighted by Gasteiger charge is 2.36. The lowest BCUT2D eigenvalue weighted by molar-refractivity contribution is -0.113. The van der Waals surface area contributed by atoms with E-state index in [0.29, 0.717) is 16.3 Å². The molecule has 0 spiro atoms. The van der Waals surface area contributed by atoms with Crippen LogP contribution in [0.1, 0.15) is 5.56 Å². The summed E-state index contributed by atoms with van der Waals surface area (Å²) in [6.07, 6.45) is 1.69. The van der Waals surface area contributed by atoms with Crippen LogP contribution in [0.3, 0.4) is 0 Å². The van der Waals surface area contributed by atoms with Gasteiger partial charge in [-0.25, -0.2) is 4.90 Å². The first-order valence-corrected chi connectivity index (χ1v) is 7.48. The molecule has 0 saturated carbocycles. The van der Waals surface area contributed by atoms with Crippen LogP contribution in [0, 0.1) is 0 Å². The highest BCUT2D eigenvalue weighted by Crippen LogP contribution is 2.36. The lowest BCUT2D eigenvalue weighted by Crippen LogP contribution is -2.27. The van der Waals surface area contributed by atoms with Gasteiger partial charge in [-0.15, -0.1) is 0 Å². The fourth-order valence-corrected chi connectivity index (χ4v) is 3.03. The predicted octanol–water partition coefficient (Wildman–Crippen LogP) is 3.94. The van der Waals surface area contributed by atoms with E-state index >= 15 is 0 Å². The Kier molecular flexibility index (Phi) is 3.98. The number of carbonyl (C=O) groups excluding carboxylic acids is 2. The number of benzene rings is 2. The van der Waals surface area contributed by atoms with Gasteiger partial charge in [-0.2, -0.15) is 0 Å². The number of rotatable bonds is 3. The van der Waals surface area contributed by atoms with Gasteiger partial charge in [0.1, 0.15) is 5.75 Å². The third-order valence-electron chi connectivity index (χ3n) is 3.23. The van der Waals surface area contributed by atoms with Gasteiger partial charge in [-0.1, -0.05) is 36.4 Å². The van der Waals surface area contributed by atoms with Gasteiger partial charge in [0.2, 0.25) is 0 Å². The minimum Gasteiger partial charge on any atom is -0.496 e. The normalized spacial score (nSPS) is 16.4. The third-order valence-corrected chi connectivity index (χ3v) is 4.10. The molecule has 1 heterocycles. The van der Waals surface area contributed by atoms with Crippen LogP contribution in [0.5, 0.6) is 5.75 Å². The maximum Gasteiger partial charge on any atom is 0.298 e. The number of anilines is 1. The Balaban J connectivity index is 1.96. The van der Waals surface area contributed by atoms with Gasteiger partial charge in [-0.05, 0) is 36.0 Å². The summed E-state index contributed by atoms with van der Waals surface area (Å²) in [5, 5.41) is -0.294. The first-order chi connectivity index (χ1) is 10.7. The average molecular weight is 311 g/mol. The van der Waals surface area contributed by atoms with Crippen LogP contribution in [0.25, 0.3) is 6.08 Å². The van der Waals surface area contributed by atoms with Crippen molar-refractivity contribution in [1.29, 1.82) is 0 Å². The molecule has 5 heteroatoms. The van der Waals surface area contributed by atoms with E-state index in [-0.39, 0.29) is 11.1 Å². The number of thioether (sulfide) groups is 1. The number of nitrogens with zero attached hydrogens (tertiary/aromatic N) is 1. The van der Waals surface area contributed by atoms with Gasteiger partial charge >= 0.3 is 0 Å². The molecular weight excluding hydrogens is 298 g/mol. The number of amides is 2. The first-order valence-electron chi connectivity index (χ1n) is 6.67. The number of para-hydroxylation sites is 2. The van der Waals surface area contributed by atoms with Crippen molar-refractivity contribution >= 4 is 34.7 Å². The van der Waals surface area contributed by atoms with E-state index in [4.69, 9.17) is 4.74 Å². The van der Waals surface area contributed by atoms with Crippen LogP contribution >= 0.6 is 11.8 Å². The SMILES string of the molecule is COc1ccccc1/C=C1\SC(=O)N(c2ccccc2)C1=O. The van der Waals surface area contributed by atoms with Crippen molar-refractivity contribution in [3.8, 4) is 5.75 Å². The summed E-state index contributed by atoms with van der Waals surface area (Å²) in [7, 11) is 1.57. The Morgan fingerprint density at radius 3 is 2.41 bits per heavy atom. The van der Waals surface area contributed by atoms with Crippen molar-refractivity contribution < 1.29 is 14.3 Å². The second-order valence-corrected chi connectivity index (χ2v) is 5.59. The quantitative estimate of drug-likeness (QED) is 0.806. The summed E-state index contributed by atoms with van der Waals surface area (Å²) < 4.78 is 5.27. The van der Waals surface area contributed by atoms with Crippen molar-refractivity contribution in [3.05, 3.63) is 65.1 Å². The third kappa shape index (κ3) is 2.63. The van der Waals surface area contributed by atoms with E-state index in [2.05, 4.69) is 0 Å². The summed E-state index contributed by atoms with van der Waals surface area (Å²) in [6.45, 7) is 0. The van der Waals surface area contributed by atoms with Gasteiger partial charge in [0.15, 0.2) is 0 Å². The molecule has 1 aliphatic heterocycles. The molecule has 2 amide bonds. The number of methoxy groups -OCH3 is 1. The minimum atomic E-state index is -0.313. The van der Waals surface area contributed by atoms with Crippen LogP contribution in [-0.2, 0) is 4.79 Å². The highest BCUT2D eigenvalue weighted by atomic mass is 32.2. The molecule has 1 aliphatic rings. The topological polar surface area (TPSA) is 46.6 Å². The van der Waals surface area contributed by atoms with Crippen LogP contribution < -0.4 is 9.64 Å². The molecule has 1 saturated heterocycles. The molecule has 0 aliphatic carbocycles. The van der Waals surface area contributed by atoms with Gasteiger partial charge in [0.25, 0.3) is 11.1 Å². The fourth-order valence-electron chi connectivity index (χ4n) is 2.19. The molecular formula is C17H13NO3S. The van der Waals surface area contributed by atoms with Gasteiger partial charge in [0, 0.05) is 5.56 Å². The first kappa shape index (κ1) is 14.4. The summed E-state index contributed by atoms with van der Waals surface area (Å²) in [6, 6.07) is 16.3. The lowest BCUT2D eigenvalue weighted by atomic mass is 10.2. The Hall–Kier alpha value is -2.53. The van der Waals surface area contributed by atoms with E-state index in [1.165, 1.54) is 4.90 Å². The van der Waals surface area contributed by atoms with Crippen LogP contribution in [-0.4, -0.2) is 18.3 Å². The van der Waals surface area contributed by atoms with Crippen molar-refractivity contribution in [2.45, 2.75) is 0 Å².